The highest BCUT2D eigenvalue weighted by molar-refractivity contribution is 5.96. The lowest BCUT2D eigenvalue weighted by molar-refractivity contribution is -0.143. The molecule has 2 aromatic heterocycles. The molecule has 0 saturated carbocycles. The fraction of sp³-hybridized carbons (Fsp3) is 0.440. The highest BCUT2D eigenvalue weighted by Gasteiger charge is 2.47. The van der Waals surface area contributed by atoms with E-state index in [0.717, 1.165) is 88.5 Å². The van der Waals surface area contributed by atoms with Gasteiger partial charge in [0.05, 0.1) is 18.5 Å². The Morgan fingerprint density at radius 1 is 0.915 bits per heavy atom. The predicted octanol–water partition coefficient (Wildman–Crippen LogP) is 9.11. The summed E-state index contributed by atoms with van der Waals surface area (Å²) >= 11 is 0. The first kappa shape index (κ1) is 43.1. The number of fused-ring (bicyclic) bond motifs is 8. The maximum absolute atomic E-state index is 13.6. The van der Waals surface area contributed by atoms with E-state index in [4.69, 9.17) is 9.47 Å². The van der Waals surface area contributed by atoms with Gasteiger partial charge in [-0.3, -0.25) is 9.59 Å². The van der Waals surface area contributed by atoms with Crippen LogP contribution in [0.25, 0.3) is 35.6 Å². The number of carbonyl (C=O) groups excluding carboxylic acids is 2. The Hall–Kier alpha value is -5.44. The van der Waals surface area contributed by atoms with Gasteiger partial charge in [-0.25, -0.2) is 0 Å². The molecule has 2 fully saturated rings. The number of nitrogens with one attached hydrogen (secondary N) is 4. The Balaban J connectivity index is 1.33. The van der Waals surface area contributed by atoms with E-state index in [1.807, 2.05) is 26.0 Å². The third-order valence-corrected chi connectivity index (χ3v) is 12.9. The summed E-state index contributed by atoms with van der Waals surface area (Å²) in [7, 11) is 1.35. The van der Waals surface area contributed by atoms with Gasteiger partial charge in [0, 0.05) is 63.2 Å². The summed E-state index contributed by atoms with van der Waals surface area (Å²) in [6.07, 6.45) is 20.6. The minimum atomic E-state index is -1.00. The van der Waals surface area contributed by atoms with Crippen LogP contribution < -0.4 is 21.2 Å². The zero-order valence-corrected chi connectivity index (χ0v) is 36.6. The number of hydrogen-bond acceptors (Lipinski definition) is 7. The summed E-state index contributed by atoms with van der Waals surface area (Å²) in [6.45, 7) is 25.2. The molecule has 5 heterocycles. The van der Waals surface area contributed by atoms with Crippen LogP contribution in [0.5, 0.6) is 0 Å². The van der Waals surface area contributed by atoms with E-state index < -0.39 is 17.9 Å². The van der Waals surface area contributed by atoms with Gasteiger partial charge in [-0.15, -0.1) is 6.58 Å². The molecule has 8 bridgehead atoms. The minimum absolute atomic E-state index is 0.0259. The van der Waals surface area contributed by atoms with Crippen LogP contribution in [0.1, 0.15) is 120 Å². The lowest BCUT2D eigenvalue weighted by Gasteiger charge is -2.26. The van der Waals surface area contributed by atoms with Gasteiger partial charge in [-0.2, -0.15) is 0 Å². The lowest BCUT2D eigenvalue weighted by atomic mass is 9.80. The van der Waals surface area contributed by atoms with Crippen LogP contribution >= 0.6 is 0 Å². The highest BCUT2D eigenvalue weighted by atomic mass is 16.5. The van der Waals surface area contributed by atoms with Crippen molar-refractivity contribution in [2.24, 2.45) is 23.7 Å². The second kappa shape index (κ2) is 18.2. The number of esters is 2. The standard InChI is InChI=1S/C50H64N4O5/c1-12-34-30(7)37-24-39-32(9)36(20-21-43(55)59-23-22-29(6)19-15-18-28(5)17-14-16-27(3)4)47(53-39)45-46(50(57)58-11)49(56)44-33(10)40(54-48(44)45)26-42-35(13-2)31(8)38(52-42)25-41(34)51-37/h12-13,18,22,24-26,31-32,36,46-47,51-54,56H,1,3,14-17,19-21,23H2,2,4-11H3/b28-18+,29-22+,35-13+,38-25-,39-24-,42-26-/t31-,32-,36-,46+,47?/m0/s1. The molecule has 2 aromatic rings. The molecule has 1 aliphatic carbocycles. The summed E-state index contributed by atoms with van der Waals surface area (Å²) in [5.74, 6) is -1.88. The molecule has 9 heteroatoms. The van der Waals surface area contributed by atoms with Crippen molar-refractivity contribution in [3.63, 3.8) is 0 Å². The van der Waals surface area contributed by atoms with Gasteiger partial charge in [-0.05, 0) is 133 Å². The summed E-state index contributed by atoms with van der Waals surface area (Å²) in [4.78, 5) is 34.3. The molecule has 0 radical (unpaired) electrons. The molecule has 3 aliphatic heterocycles. The zero-order valence-electron chi connectivity index (χ0n) is 36.6. The van der Waals surface area contributed by atoms with Gasteiger partial charge >= 0.3 is 11.9 Å². The summed E-state index contributed by atoms with van der Waals surface area (Å²) in [5.41, 5.74) is 14.4. The largest absolute Gasteiger partial charge is 0.510 e. The topological polar surface area (TPSA) is 128 Å². The molecule has 0 amide bonds. The molecule has 5 atom stereocenters. The van der Waals surface area contributed by atoms with Gasteiger partial charge in [0.1, 0.15) is 18.3 Å². The van der Waals surface area contributed by atoms with E-state index in [9.17, 15) is 14.7 Å². The molecule has 0 spiro atoms. The van der Waals surface area contributed by atoms with Gasteiger partial charge in [0.25, 0.3) is 0 Å². The van der Waals surface area contributed by atoms with E-state index in [-0.39, 0.29) is 42.5 Å². The third kappa shape index (κ3) is 8.80. The van der Waals surface area contributed by atoms with Crippen molar-refractivity contribution >= 4 is 47.6 Å². The second-order valence-corrected chi connectivity index (χ2v) is 17.0. The van der Waals surface area contributed by atoms with Crippen LogP contribution in [0.4, 0.5) is 0 Å². The fourth-order valence-corrected chi connectivity index (χ4v) is 9.36. The lowest BCUT2D eigenvalue weighted by Crippen LogP contribution is -2.38. The Morgan fingerprint density at radius 2 is 1.63 bits per heavy atom. The number of aliphatic hydroxyl groups excluding tert-OH is 1. The number of H-pyrrole nitrogens is 2. The van der Waals surface area contributed by atoms with Crippen LogP contribution in [0.3, 0.4) is 0 Å². The summed E-state index contributed by atoms with van der Waals surface area (Å²) in [5, 5.41) is 20.7. The smallest absolute Gasteiger partial charge is 0.320 e. The number of ether oxygens (including phenoxy) is 2. The minimum Gasteiger partial charge on any atom is -0.510 e. The Labute approximate surface area is 350 Å². The maximum Gasteiger partial charge on any atom is 0.320 e. The summed E-state index contributed by atoms with van der Waals surface area (Å²) in [6, 6.07) is -0.404. The van der Waals surface area contributed by atoms with Gasteiger partial charge < -0.3 is 35.2 Å². The van der Waals surface area contributed by atoms with Gasteiger partial charge in [0.2, 0.25) is 0 Å². The Kier molecular flexibility index (Phi) is 13.3. The fourth-order valence-electron chi connectivity index (χ4n) is 9.36. The van der Waals surface area contributed by atoms with Crippen molar-refractivity contribution < 1.29 is 24.2 Å². The van der Waals surface area contributed by atoms with E-state index in [1.165, 1.54) is 23.8 Å². The number of rotatable bonds is 14. The van der Waals surface area contributed by atoms with Crippen molar-refractivity contribution in [2.75, 3.05) is 13.7 Å². The van der Waals surface area contributed by atoms with E-state index in [0.29, 0.717) is 22.6 Å². The molecule has 5 N–H and O–H groups in total. The highest BCUT2D eigenvalue weighted by Crippen LogP contribution is 2.43. The average molecular weight is 801 g/mol. The molecular weight excluding hydrogens is 737 g/mol. The maximum atomic E-state index is 13.6. The monoisotopic (exact) mass is 800 g/mol. The SMILES string of the molecule is C=Cc1c2[nH]c(c1C)/C=C1\NC(C3=c4[nH]c(c(C)c4=C(O)[C@@H]3C(=O)OC)/C=C3\N/C(=C\2)[C@@H](C)\C3=C/C)[C@@H](CCC(=O)OC/C=C(\C)CC/C=C(\C)CCCC(=C)C)[C@@H]1C. The number of carbonyl (C=O) groups is 2. The first-order valence-corrected chi connectivity index (χ1v) is 21.2. The molecule has 59 heavy (non-hydrogen) atoms. The Bertz CT molecular complexity index is 2350. The van der Waals surface area contributed by atoms with Gasteiger partial charge in [-0.1, -0.05) is 55.4 Å². The molecule has 314 valence electrons. The molecule has 2 saturated heterocycles. The number of aromatic amines is 2. The second-order valence-electron chi connectivity index (χ2n) is 17.0. The number of methoxy groups -OCH3 is 1. The third-order valence-electron chi connectivity index (χ3n) is 12.9. The normalized spacial score (nSPS) is 25.7. The number of hydrogen-bond donors (Lipinski definition) is 5. The number of allylic oxidation sites excluding steroid dienone is 8. The molecule has 0 aromatic carbocycles. The van der Waals surface area contributed by atoms with Crippen LogP contribution in [0, 0.1) is 37.5 Å². The van der Waals surface area contributed by atoms with Crippen LogP contribution in [0.2, 0.25) is 0 Å². The molecule has 9 nitrogen and oxygen atoms in total. The van der Waals surface area contributed by atoms with Crippen molar-refractivity contribution in [3.05, 3.63) is 115 Å². The van der Waals surface area contributed by atoms with E-state index in [1.54, 1.807) is 0 Å². The van der Waals surface area contributed by atoms with Gasteiger partial charge in [0.15, 0.2) is 0 Å². The molecular formula is C50H64N4O5. The predicted molar refractivity (Wildman–Crippen MR) is 241 cm³/mol. The molecule has 1 unspecified atom stereocenters. The summed E-state index contributed by atoms with van der Waals surface area (Å²) < 4.78 is 11.1. The number of aliphatic hydroxyl groups is 1. The van der Waals surface area contributed by atoms with Crippen molar-refractivity contribution in [2.45, 2.75) is 106 Å². The molecule has 6 rings (SSSR count). The first-order chi connectivity index (χ1) is 28.2. The first-order valence-electron chi connectivity index (χ1n) is 21.2. The van der Waals surface area contributed by atoms with Crippen molar-refractivity contribution in [3.8, 4) is 0 Å². The van der Waals surface area contributed by atoms with E-state index >= 15 is 0 Å². The quantitative estimate of drug-likeness (QED) is 0.0953. The Morgan fingerprint density at radius 3 is 2.32 bits per heavy atom. The van der Waals surface area contributed by atoms with E-state index in [2.05, 4.69) is 106 Å². The van der Waals surface area contributed by atoms with Crippen LogP contribution in [0.15, 0.2) is 70.8 Å². The van der Waals surface area contributed by atoms with Crippen molar-refractivity contribution in [1.82, 2.24) is 20.6 Å². The van der Waals surface area contributed by atoms with Crippen LogP contribution in [-0.2, 0) is 19.1 Å². The number of aromatic nitrogens is 2. The molecule has 4 aliphatic rings. The van der Waals surface area contributed by atoms with Crippen molar-refractivity contribution in [1.29, 1.82) is 0 Å². The van der Waals surface area contributed by atoms with Crippen LogP contribution in [-0.4, -0.2) is 46.8 Å². The average Bonchev–Trinajstić information content (AvgIpc) is 3.94. The zero-order chi connectivity index (χ0) is 42.7.